The normalized spacial score (nSPS) is 17.9. The molecule has 0 unspecified atom stereocenters. The minimum Gasteiger partial charge on any atom is -0.285 e. The summed E-state index contributed by atoms with van der Waals surface area (Å²) in [7, 11) is 0. The Morgan fingerprint density at radius 3 is 1.50 bits per heavy atom. The lowest BCUT2D eigenvalue weighted by Crippen LogP contribution is -2.21. The molecule has 3 rings (SSSR count). The summed E-state index contributed by atoms with van der Waals surface area (Å²) in [4.78, 5) is 24.8. The average Bonchev–Trinajstić information content (AvgIpc) is 2.56. The summed E-state index contributed by atoms with van der Waals surface area (Å²) >= 11 is 6.05. The molecule has 2 aromatic rings. The maximum atomic E-state index is 12.4. The van der Waals surface area contributed by atoms with Gasteiger partial charge in [0.05, 0.1) is 8.22 Å². The van der Waals surface area contributed by atoms with Crippen LogP contribution >= 0.6 is 31.9 Å². The third-order valence-electron chi connectivity index (χ3n) is 2.47. The van der Waals surface area contributed by atoms with Crippen LogP contribution in [0.2, 0.25) is 0 Å². The van der Waals surface area contributed by atoms with Crippen molar-refractivity contribution in [1.82, 2.24) is 0 Å². The zero-order chi connectivity index (χ0) is 18.1. The summed E-state index contributed by atoms with van der Waals surface area (Å²) in [5, 5.41) is 0. The van der Waals surface area contributed by atoms with E-state index >= 15 is 0 Å². The fraction of sp³-hybridized carbons (Fsp3) is 0. The van der Waals surface area contributed by atoms with Crippen molar-refractivity contribution in [3.8, 4) is 11.1 Å². The van der Waals surface area contributed by atoms with Crippen LogP contribution in [0, 0.1) is 0 Å². The van der Waals surface area contributed by atoms with E-state index in [-0.39, 0.29) is 32.2 Å². The van der Waals surface area contributed by atoms with E-state index in [4.69, 9.17) is 8.22 Å². The van der Waals surface area contributed by atoms with Crippen LogP contribution in [0.1, 0.15) is 28.9 Å². The van der Waals surface area contributed by atoms with Crippen LogP contribution in [0.25, 0.3) is 11.1 Å². The second-order valence-corrected chi connectivity index (χ2v) is 5.12. The molecule has 2 aromatic carbocycles. The largest absolute Gasteiger partial charge is 0.285 e. The average molecular weight is 372 g/mol. The second-order valence-electron chi connectivity index (χ2n) is 3.54. The zero-order valence-electron chi connectivity index (χ0n) is 14.6. The van der Waals surface area contributed by atoms with Gasteiger partial charge in [0.25, 0.3) is 0 Å². The fourth-order valence-electron chi connectivity index (χ4n) is 1.71. The minimum absolute atomic E-state index is 0.0450. The number of hydrogen-bond donors (Lipinski definition) is 0. The van der Waals surface area contributed by atoms with Gasteiger partial charge >= 0.3 is 0 Å². The van der Waals surface area contributed by atoms with Gasteiger partial charge in [-0.25, -0.2) is 0 Å². The molecule has 0 fully saturated rings. The predicted molar refractivity (Wildman–Crippen MR) is 75.9 cm³/mol. The van der Waals surface area contributed by atoms with Gasteiger partial charge in [0.2, 0.25) is 11.6 Å². The summed E-state index contributed by atoms with van der Waals surface area (Å²) in [6.07, 6.45) is 0. The highest BCUT2D eigenvalue weighted by Gasteiger charge is 2.30. The molecular formula is C14H6Br2O2. The van der Waals surface area contributed by atoms with Crippen molar-refractivity contribution in [3.05, 3.63) is 56.3 Å². The summed E-state index contributed by atoms with van der Waals surface area (Å²) in [6, 6.07) is -2.48. The molecule has 0 aromatic heterocycles. The Labute approximate surface area is 129 Å². The lowest BCUT2D eigenvalue weighted by molar-refractivity contribution is 0.0815. The molecule has 2 nitrogen and oxygen atoms in total. The SMILES string of the molecule is [2H]c1c([2H])c2c(c([2H])c1Br)-c1c([2H])c(Br)c([2H])c([2H])c1C(=O)C2=O. The Hall–Kier alpha value is -1.26. The first-order chi connectivity index (χ1) is 11.1. The molecule has 0 amide bonds. The molecule has 1 aliphatic rings. The number of benzene rings is 2. The third kappa shape index (κ3) is 1.68. The van der Waals surface area contributed by atoms with Crippen LogP contribution in [0.3, 0.4) is 0 Å². The van der Waals surface area contributed by atoms with Crippen molar-refractivity contribution in [1.29, 1.82) is 0 Å². The van der Waals surface area contributed by atoms with Crippen molar-refractivity contribution in [2.75, 3.05) is 0 Å². The summed E-state index contributed by atoms with van der Waals surface area (Å²) in [6.45, 7) is 0. The summed E-state index contributed by atoms with van der Waals surface area (Å²) in [5.41, 5.74) is -1.10. The van der Waals surface area contributed by atoms with E-state index in [1.807, 2.05) is 0 Å². The van der Waals surface area contributed by atoms with Crippen molar-refractivity contribution in [3.63, 3.8) is 0 Å². The first-order valence-corrected chi connectivity index (χ1v) is 6.37. The van der Waals surface area contributed by atoms with E-state index in [9.17, 15) is 9.59 Å². The standard InChI is InChI=1S/C14H6Br2O2/c15-7-1-3-9-11(5-7)12-6-8(16)2-4-10(12)14(18)13(9)17/h1-6H/i1D,2D,3D,4D,5D,6D. The number of halogens is 2. The molecule has 0 N–H and O–H groups in total. The highest BCUT2D eigenvalue weighted by molar-refractivity contribution is 9.10. The number of fused-ring (bicyclic) bond motifs is 3. The van der Waals surface area contributed by atoms with Gasteiger partial charge in [-0.05, 0) is 47.4 Å². The first kappa shape index (κ1) is 6.78. The molecule has 18 heavy (non-hydrogen) atoms. The van der Waals surface area contributed by atoms with Crippen molar-refractivity contribution < 1.29 is 17.8 Å². The smallest absolute Gasteiger partial charge is 0.234 e. The van der Waals surface area contributed by atoms with Gasteiger partial charge in [-0.1, -0.05) is 31.9 Å². The van der Waals surface area contributed by atoms with Crippen molar-refractivity contribution in [2.45, 2.75) is 0 Å². The lowest BCUT2D eigenvalue weighted by atomic mass is 9.84. The molecule has 0 saturated heterocycles. The maximum Gasteiger partial charge on any atom is 0.234 e. The van der Waals surface area contributed by atoms with E-state index in [1.54, 1.807) is 0 Å². The number of carbonyl (C=O) groups is 2. The van der Waals surface area contributed by atoms with E-state index in [0.29, 0.717) is 0 Å². The topological polar surface area (TPSA) is 34.1 Å². The Bertz CT molecular complexity index is 907. The summed E-state index contributed by atoms with van der Waals surface area (Å²) < 4.78 is 47.8. The molecule has 4 heteroatoms. The van der Waals surface area contributed by atoms with Crippen LogP contribution in [0.4, 0.5) is 0 Å². The van der Waals surface area contributed by atoms with Crippen LogP contribution in [-0.2, 0) is 0 Å². The molecule has 88 valence electrons. The molecule has 0 atom stereocenters. The minimum atomic E-state index is -1.10. The monoisotopic (exact) mass is 370 g/mol. The van der Waals surface area contributed by atoms with E-state index in [2.05, 4.69) is 31.9 Å². The van der Waals surface area contributed by atoms with E-state index in [0.717, 1.165) is 0 Å². The Morgan fingerprint density at radius 2 is 1.11 bits per heavy atom. The van der Waals surface area contributed by atoms with Crippen LogP contribution in [-0.4, -0.2) is 11.6 Å². The Kier molecular flexibility index (Phi) is 1.56. The number of ketones is 2. The van der Waals surface area contributed by atoms with Gasteiger partial charge in [0.1, 0.15) is 0 Å². The zero-order valence-corrected chi connectivity index (χ0v) is 11.7. The first-order valence-electron chi connectivity index (χ1n) is 7.79. The van der Waals surface area contributed by atoms with Gasteiger partial charge in [0, 0.05) is 20.1 Å². The van der Waals surface area contributed by atoms with Gasteiger partial charge in [-0.2, -0.15) is 0 Å². The molecule has 0 aliphatic heterocycles. The highest BCUT2D eigenvalue weighted by atomic mass is 79.9. The van der Waals surface area contributed by atoms with E-state index in [1.165, 1.54) is 0 Å². The quantitative estimate of drug-likeness (QED) is 0.648. The predicted octanol–water partition coefficient (Wildman–Crippen LogP) is 4.26. The van der Waals surface area contributed by atoms with Crippen LogP contribution in [0.5, 0.6) is 0 Å². The molecule has 0 heterocycles. The number of hydrogen-bond acceptors (Lipinski definition) is 2. The highest BCUT2D eigenvalue weighted by Crippen LogP contribution is 2.36. The fourth-order valence-corrected chi connectivity index (χ4v) is 2.30. The molecule has 1 aliphatic carbocycles. The Balaban J connectivity index is 2.65. The number of rotatable bonds is 0. The molecule has 0 spiro atoms. The van der Waals surface area contributed by atoms with Crippen LogP contribution in [0.15, 0.2) is 45.2 Å². The molecule has 0 saturated carbocycles. The lowest BCUT2D eigenvalue weighted by Gasteiger charge is -2.18. The maximum absolute atomic E-state index is 12.4. The van der Waals surface area contributed by atoms with Crippen LogP contribution < -0.4 is 0 Å². The second kappa shape index (κ2) is 4.14. The molecular weight excluding hydrogens is 360 g/mol. The molecule has 0 radical (unpaired) electrons. The van der Waals surface area contributed by atoms with Gasteiger partial charge in [-0.3, -0.25) is 9.59 Å². The molecule has 0 bridgehead atoms. The number of carbonyl (C=O) groups excluding carboxylic acids is 2. The number of Topliss-reactive ketones (excluding diaryl/α,β-unsaturated/α-hetero) is 2. The van der Waals surface area contributed by atoms with Gasteiger partial charge in [-0.15, -0.1) is 0 Å². The van der Waals surface area contributed by atoms with Gasteiger partial charge < -0.3 is 0 Å². The van der Waals surface area contributed by atoms with Gasteiger partial charge in [0.15, 0.2) is 0 Å². The van der Waals surface area contributed by atoms with E-state index < -0.39 is 46.9 Å². The van der Waals surface area contributed by atoms with Crippen molar-refractivity contribution >= 4 is 43.4 Å². The summed E-state index contributed by atoms with van der Waals surface area (Å²) in [5.74, 6) is -2.21. The Morgan fingerprint density at radius 1 is 0.722 bits per heavy atom. The third-order valence-corrected chi connectivity index (χ3v) is 3.27. The van der Waals surface area contributed by atoms with Crippen molar-refractivity contribution in [2.24, 2.45) is 0 Å².